The van der Waals surface area contributed by atoms with Crippen molar-refractivity contribution >= 4 is 17.5 Å². The molecule has 27 heavy (non-hydrogen) atoms. The number of aryl methyl sites for hydroxylation is 3. The van der Waals surface area contributed by atoms with Gasteiger partial charge in [-0.15, -0.1) is 0 Å². The van der Waals surface area contributed by atoms with Gasteiger partial charge in [0.05, 0.1) is 0 Å². The van der Waals surface area contributed by atoms with Crippen LogP contribution in [0.4, 0.5) is 0 Å². The summed E-state index contributed by atoms with van der Waals surface area (Å²) in [6.45, 7) is 0.661. The quantitative estimate of drug-likeness (QED) is 0.517. The second-order valence-electron chi connectivity index (χ2n) is 6.63. The molecule has 1 N–H and O–H groups in total. The fraction of sp³-hybridized carbons (Fsp3) is 0.208. The molecule has 0 unspecified atom stereocenters. The van der Waals surface area contributed by atoms with E-state index < -0.39 is 0 Å². The molecule has 0 aliphatic rings. The van der Waals surface area contributed by atoms with Crippen molar-refractivity contribution in [1.82, 2.24) is 5.32 Å². The Kier molecular flexibility index (Phi) is 7.06. The van der Waals surface area contributed by atoms with Crippen LogP contribution in [0.25, 0.3) is 0 Å². The molecule has 138 valence electrons. The molecule has 0 spiro atoms. The predicted octanol–water partition coefficient (Wildman–Crippen LogP) is 5.49. The van der Waals surface area contributed by atoms with Crippen LogP contribution >= 0.6 is 11.6 Å². The first kappa shape index (κ1) is 19.2. The first-order valence-electron chi connectivity index (χ1n) is 9.37. The Bertz CT molecular complexity index is 859. The van der Waals surface area contributed by atoms with Crippen LogP contribution in [0.5, 0.6) is 0 Å². The van der Waals surface area contributed by atoms with Crippen molar-refractivity contribution in [2.75, 3.05) is 6.54 Å². The van der Waals surface area contributed by atoms with E-state index in [1.165, 1.54) is 11.1 Å². The van der Waals surface area contributed by atoms with Gasteiger partial charge in [0.1, 0.15) is 0 Å². The maximum absolute atomic E-state index is 12.6. The molecule has 3 heteroatoms. The highest BCUT2D eigenvalue weighted by atomic mass is 35.5. The highest BCUT2D eigenvalue weighted by Gasteiger charge is 2.10. The van der Waals surface area contributed by atoms with Gasteiger partial charge in [0.25, 0.3) is 5.91 Å². The van der Waals surface area contributed by atoms with Crippen LogP contribution in [0, 0.1) is 0 Å². The summed E-state index contributed by atoms with van der Waals surface area (Å²) in [6.07, 6.45) is 3.62. The summed E-state index contributed by atoms with van der Waals surface area (Å²) >= 11 is 5.90. The molecular weight excluding hydrogens is 354 g/mol. The lowest BCUT2D eigenvalue weighted by molar-refractivity contribution is 0.0952. The van der Waals surface area contributed by atoms with Crippen molar-refractivity contribution in [3.05, 3.63) is 106 Å². The standard InChI is InChI=1S/C24H24ClNO/c25-22-16-13-20(14-17-22)9-6-18-26-24(27)23-11-5-4-10-21(23)15-12-19-7-2-1-3-8-19/h1-5,7-8,10-11,13-14,16-17H,6,9,12,15,18H2,(H,26,27). The highest BCUT2D eigenvalue weighted by molar-refractivity contribution is 6.30. The zero-order valence-electron chi connectivity index (χ0n) is 15.3. The Morgan fingerprint density at radius 1 is 0.741 bits per heavy atom. The zero-order valence-corrected chi connectivity index (χ0v) is 16.1. The fourth-order valence-corrected chi connectivity index (χ4v) is 3.25. The van der Waals surface area contributed by atoms with E-state index in [0.29, 0.717) is 6.54 Å². The third kappa shape index (κ3) is 5.97. The maximum atomic E-state index is 12.6. The fourth-order valence-electron chi connectivity index (χ4n) is 3.12. The van der Waals surface area contributed by atoms with E-state index >= 15 is 0 Å². The lowest BCUT2D eigenvalue weighted by Crippen LogP contribution is -2.26. The zero-order chi connectivity index (χ0) is 18.9. The normalized spacial score (nSPS) is 10.6. The van der Waals surface area contributed by atoms with Gasteiger partial charge in [0.2, 0.25) is 0 Å². The van der Waals surface area contributed by atoms with Gasteiger partial charge in [-0.25, -0.2) is 0 Å². The monoisotopic (exact) mass is 377 g/mol. The maximum Gasteiger partial charge on any atom is 0.251 e. The van der Waals surface area contributed by atoms with Crippen LogP contribution in [0.1, 0.15) is 33.5 Å². The van der Waals surface area contributed by atoms with Crippen molar-refractivity contribution in [1.29, 1.82) is 0 Å². The number of carbonyl (C=O) groups is 1. The summed E-state index contributed by atoms with van der Waals surface area (Å²) < 4.78 is 0. The lowest BCUT2D eigenvalue weighted by atomic mass is 9.99. The number of rotatable bonds is 8. The second kappa shape index (κ2) is 9.94. The smallest absolute Gasteiger partial charge is 0.251 e. The van der Waals surface area contributed by atoms with Gasteiger partial charge in [-0.3, -0.25) is 4.79 Å². The molecule has 0 saturated heterocycles. The topological polar surface area (TPSA) is 29.1 Å². The number of amides is 1. The number of halogens is 1. The van der Waals surface area contributed by atoms with E-state index in [-0.39, 0.29) is 5.91 Å². The Hall–Kier alpha value is -2.58. The summed E-state index contributed by atoms with van der Waals surface area (Å²) in [6, 6.07) is 26.1. The molecule has 0 atom stereocenters. The minimum absolute atomic E-state index is 0.00904. The van der Waals surface area contributed by atoms with Crippen LogP contribution in [-0.4, -0.2) is 12.5 Å². The van der Waals surface area contributed by atoms with Crippen molar-refractivity contribution < 1.29 is 4.79 Å². The molecule has 0 radical (unpaired) electrons. The first-order valence-corrected chi connectivity index (χ1v) is 9.74. The van der Waals surface area contributed by atoms with E-state index in [9.17, 15) is 4.79 Å². The second-order valence-corrected chi connectivity index (χ2v) is 7.07. The molecule has 0 heterocycles. The minimum Gasteiger partial charge on any atom is -0.352 e. The molecule has 3 aromatic rings. The predicted molar refractivity (Wildman–Crippen MR) is 112 cm³/mol. The number of hydrogen-bond acceptors (Lipinski definition) is 1. The van der Waals surface area contributed by atoms with Crippen molar-refractivity contribution in [2.24, 2.45) is 0 Å². The summed E-state index contributed by atoms with van der Waals surface area (Å²) in [4.78, 5) is 12.6. The molecule has 0 saturated carbocycles. The van der Waals surface area contributed by atoms with Gasteiger partial charge in [-0.1, -0.05) is 72.3 Å². The van der Waals surface area contributed by atoms with Gasteiger partial charge in [-0.2, -0.15) is 0 Å². The molecule has 0 fully saturated rings. The van der Waals surface area contributed by atoms with Crippen LogP contribution in [-0.2, 0) is 19.3 Å². The van der Waals surface area contributed by atoms with E-state index in [4.69, 9.17) is 11.6 Å². The van der Waals surface area contributed by atoms with Crippen LogP contribution in [0.15, 0.2) is 78.9 Å². The first-order chi connectivity index (χ1) is 13.2. The van der Waals surface area contributed by atoms with E-state index in [1.54, 1.807) is 0 Å². The summed E-state index contributed by atoms with van der Waals surface area (Å²) in [7, 11) is 0. The number of carbonyl (C=O) groups excluding carboxylic acids is 1. The van der Waals surface area contributed by atoms with Gasteiger partial charge >= 0.3 is 0 Å². The minimum atomic E-state index is 0.00904. The van der Waals surface area contributed by atoms with Crippen LogP contribution < -0.4 is 5.32 Å². The molecule has 0 bridgehead atoms. The van der Waals surface area contributed by atoms with Gasteiger partial charge in [-0.05, 0) is 60.6 Å². The Morgan fingerprint density at radius 2 is 1.41 bits per heavy atom. The molecule has 0 aliphatic heterocycles. The molecule has 0 aromatic heterocycles. The van der Waals surface area contributed by atoms with Crippen molar-refractivity contribution in [2.45, 2.75) is 25.7 Å². The van der Waals surface area contributed by atoms with Crippen molar-refractivity contribution in [3.63, 3.8) is 0 Å². The SMILES string of the molecule is O=C(NCCCc1ccc(Cl)cc1)c1ccccc1CCc1ccccc1. The third-order valence-corrected chi connectivity index (χ3v) is 4.88. The van der Waals surface area contributed by atoms with E-state index in [1.807, 2.05) is 54.6 Å². The van der Waals surface area contributed by atoms with Crippen molar-refractivity contribution in [3.8, 4) is 0 Å². The number of nitrogens with one attached hydrogen (secondary N) is 1. The number of hydrogen-bond donors (Lipinski definition) is 1. The average molecular weight is 378 g/mol. The Morgan fingerprint density at radius 3 is 2.19 bits per heavy atom. The molecule has 3 aromatic carbocycles. The highest BCUT2D eigenvalue weighted by Crippen LogP contribution is 2.13. The van der Waals surface area contributed by atoms with E-state index in [2.05, 4.69) is 29.6 Å². The van der Waals surface area contributed by atoms with Gasteiger partial charge in [0, 0.05) is 17.1 Å². The Labute approximate surface area is 166 Å². The summed E-state index contributed by atoms with van der Waals surface area (Å²) in [5.41, 5.74) is 4.39. The number of benzene rings is 3. The van der Waals surface area contributed by atoms with Crippen LogP contribution in [0.2, 0.25) is 5.02 Å². The summed E-state index contributed by atoms with van der Waals surface area (Å²) in [5, 5.41) is 3.80. The third-order valence-electron chi connectivity index (χ3n) is 4.63. The molecule has 1 amide bonds. The molecule has 3 rings (SSSR count). The van der Waals surface area contributed by atoms with Gasteiger partial charge in [0.15, 0.2) is 0 Å². The van der Waals surface area contributed by atoms with E-state index in [0.717, 1.165) is 41.8 Å². The lowest BCUT2D eigenvalue weighted by Gasteiger charge is -2.10. The molecular formula is C24H24ClNO. The average Bonchev–Trinajstić information content (AvgIpc) is 2.72. The van der Waals surface area contributed by atoms with Crippen LogP contribution in [0.3, 0.4) is 0 Å². The molecule has 2 nitrogen and oxygen atoms in total. The molecule has 0 aliphatic carbocycles. The summed E-state index contributed by atoms with van der Waals surface area (Å²) in [5.74, 6) is 0.00904. The largest absolute Gasteiger partial charge is 0.352 e. The Balaban J connectivity index is 1.51. The van der Waals surface area contributed by atoms with Gasteiger partial charge < -0.3 is 5.32 Å².